The molecule has 0 bridgehead atoms. The molecule has 0 radical (unpaired) electrons. The highest BCUT2D eigenvalue weighted by Crippen LogP contribution is 2.33. The number of rotatable bonds is 10. The zero-order valence-electron chi connectivity index (χ0n) is 28.5. The number of hydrogen-bond acceptors (Lipinski definition) is 11. The van der Waals surface area contributed by atoms with Crippen molar-refractivity contribution in [2.24, 2.45) is 15.7 Å². The maximum absolute atomic E-state index is 15.4. The van der Waals surface area contributed by atoms with Crippen LogP contribution in [-0.4, -0.2) is 112 Å². The monoisotopic (exact) mass is 696 g/mol. The van der Waals surface area contributed by atoms with Crippen molar-refractivity contribution in [3.05, 3.63) is 108 Å². The van der Waals surface area contributed by atoms with Crippen LogP contribution in [0, 0.1) is 11.6 Å². The standard InChI is InChI=1S/C29H29F2N5O2.C4H4O2.CH5N.2CH4O/c1-3-26(38)33-22-8-4-6-20(18-22)23-9-5-7-21(19-32-2)29(23)34-24-10-11-25(28(31)27(24)30)36-14-12-35(13-15-36)16-17-37;5-3-1-2-4-6;3*1-2/h3-11,18-19,37H,1-2,12-17H2,(H,33,38);1-4H;2H2,1H3;2*2H,1H3/b21-19-,34-29?;2-1-;;;. The highest BCUT2D eigenvalue weighted by molar-refractivity contribution is 6.34. The average molecular weight is 697 g/mol. The smallest absolute Gasteiger partial charge is 0.247 e. The van der Waals surface area contributed by atoms with E-state index in [0.717, 1.165) is 26.4 Å². The third-order valence-corrected chi connectivity index (χ3v) is 6.60. The minimum Gasteiger partial charge on any atom is -0.400 e. The Balaban J connectivity index is 0.00000176. The van der Waals surface area contributed by atoms with E-state index in [1.165, 1.54) is 25.4 Å². The normalized spacial score (nSPS) is 15.1. The molecule has 1 saturated heterocycles. The summed E-state index contributed by atoms with van der Waals surface area (Å²) >= 11 is 0. The Hall–Kier alpha value is -5.25. The second-order valence-corrected chi connectivity index (χ2v) is 9.38. The fourth-order valence-corrected chi connectivity index (χ4v) is 4.50. The Morgan fingerprint density at radius 3 is 2.20 bits per heavy atom. The third kappa shape index (κ3) is 14.1. The molecule has 1 aliphatic carbocycles. The third-order valence-electron chi connectivity index (χ3n) is 6.60. The Labute approximate surface area is 291 Å². The van der Waals surface area contributed by atoms with Crippen molar-refractivity contribution in [2.75, 3.05) is 70.8 Å². The van der Waals surface area contributed by atoms with Gasteiger partial charge >= 0.3 is 0 Å². The predicted octanol–water partition coefficient (Wildman–Crippen LogP) is 3.25. The lowest BCUT2D eigenvalue weighted by molar-refractivity contribution is -0.112. The van der Waals surface area contributed by atoms with Crippen molar-refractivity contribution in [3.8, 4) is 0 Å². The number of β-amino-alcohol motifs (C(OH)–C–C–N with tert-alkyl or cyclic N) is 1. The second-order valence-electron chi connectivity index (χ2n) is 9.38. The van der Waals surface area contributed by atoms with Gasteiger partial charge in [0.1, 0.15) is 18.3 Å². The van der Waals surface area contributed by atoms with Crippen molar-refractivity contribution < 1.29 is 38.5 Å². The number of benzene rings is 2. The number of aliphatic hydroxyl groups is 3. The predicted molar refractivity (Wildman–Crippen MR) is 197 cm³/mol. The first-order valence-electron chi connectivity index (χ1n) is 15.1. The minimum atomic E-state index is -1.04. The molecule has 1 amide bonds. The van der Waals surface area contributed by atoms with E-state index >= 15 is 8.78 Å². The van der Waals surface area contributed by atoms with Crippen LogP contribution >= 0.6 is 0 Å². The van der Waals surface area contributed by atoms with Gasteiger partial charge in [0, 0.05) is 70.0 Å². The van der Waals surface area contributed by atoms with E-state index in [1.54, 1.807) is 41.3 Å². The van der Waals surface area contributed by atoms with Crippen LogP contribution in [-0.2, 0) is 14.4 Å². The Morgan fingerprint density at radius 1 is 1.00 bits per heavy atom. The molecule has 50 heavy (non-hydrogen) atoms. The maximum atomic E-state index is 15.4. The summed E-state index contributed by atoms with van der Waals surface area (Å²) in [6.45, 7) is 9.96. The SMILES string of the molecule is C=CC(=O)Nc1cccc(C2=CC=C/C(=C/N=C)C2=Nc2ccc(N3CCN(CCO)CC3)c(F)c2F)c1.CN.CO.CO.O=C/C=C\C=O. The van der Waals surface area contributed by atoms with Gasteiger partial charge in [0.25, 0.3) is 0 Å². The van der Waals surface area contributed by atoms with Gasteiger partial charge in [0.15, 0.2) is 11.6 Å². The number of piperazine rings is 1. The molecule has 0 aromatic heterocycles. The molecule has 2 aliphatic rings. The van der Waals surface area contributed by atoms with Gasteiger partial charge in [0.2, 0.25) is 5.91 Å². The first-order valence-corrected chi connectivity index (χ1v) is 15.1. The van der Waals surface area contributed by atoms with Gasteiger partial charge < -0.3 is 31.3 Å². The quantitative estimate of drug-likeness (QED) is 0.142. The van der Waals surface area contributed by atoms with E-state index < -0.39 is 11.6 Å². The second kappa shape index (κ2) is 26.7. The molecule has 2 aromatic carbocycles. The van der Waals surface area contributed by atoms with Gasteiger partial charge in [-0.1, -0.05) is 36.9 Å². The Kier molecular flexibility index (Phi) is 23.9. The van der Waals surface area contributed by atoms with Crippen LogP contribution < -0.4 is 16.0 Å². The van der Waals surface area contributed by atoms with Crippen LogP contribution in [0.2, 0.25) is 0 Å². The summed E-state index contributed by atoms with van der Waals surface area (Å²) in [5.41, 5.74) is 7.40. The first kappa shape index (κ1) is 44.8. The summed E-state index contributed by atoms with van der Waals surface area (Å²) in [4.78, 5) is 42.7. The summed E-state index contributed by atoms with van der Waals surface area (Å²) < 4.78 is 30.6. The molecule has 4 rings (SSSR count). The number of aliphatic hydroxyl groups excluding tert-OH is 3. The molecule has 14 heteroatoms. The molecular formula is C36H46F2N6O6. The fourth-order valence-electron chi connectivity index (χ4n) is 4.50. The largest absolute Gasteiger partial charge is 0.400 e. The molecule has 0 unspecified atom stereocenters. The number of nitrogens with zero attached hydrogens (tertiary/aromatic N) is 4. The van der Waals surface area contributed by atoms with Crippen molar-refractivity contribution in [1.29, 1.82) is 0 Å². The number of halogens is 2. The molecule has 1 heterocycles. The molecule has 2 aromatic rings. The number of amides is 1. The Morgan fingerprint density at radius 2 is 1.64 bits per heavy atom. The molecule has 0 spiro atoms. The number of hydrogen-bond donors (Lipinski definition) is 5. The van der Waals surface area contributed by atoms with E-state index in [9.17, 15) is 14.4 Å². The molecule has 0 atom stereocenters. The summed E-state index contributed by atoms with van der Waals surface area (Å²) in [6, 6.07) is 10.1. The van der Waals surface area contributed by atoms with Crippen LogP contribution in [0.25, 0.3) is 5.57 Å². The lowest BCUT2D eigenvalue weighted by Crippen LogP contribution is -2.47. The summed E-state index contributed by atoms with van der Waals surface area (Å²) in [5, 5.41) is 25.9. The van der Waals surface area contributed by atoms with Gasteiger partial charge in [-0.15, -0.1) is 0 Å². The van der Waals surface area contributed by atoms with Gasteiger partial charge in [-0.3, -0.25) is 24.3 Å². The topological polar surface area (TPSA) is 181 Å². The number of allylic oxidation sites excluding steroid dienone is 7. The number of nitrogens with two attached hydrogens (primary N) is 1. The fraction of sp³-hybridized carbons (Fsp3) is 0.250. The first-order chi connectivity index (χ1) is 24.4. The van der Waals surface area contributed by atoms with Gasteiger partial charge in [-0.05, 0) is 61.8 Å². The molecule has 12 nitrogen and oxygen atoms in total. The van der Waals surface area contributed by atoms with Crippen molar-refractivity contribution in [2.45, 2.75) is 0 Å². The molecular weight excluding hydrogens is 650 g/mol. The van der Waals surface area contributed by atoms with Crippen molar-refractivity contribution in [3.63, 3.8) is 0 Å². The minimum absolute atomic E-state index is 0.0647. The zero-order chi connectivity index (χ0) is 37.9. The van der Waals surface area contributed by atoms with Gasteiger partial charge in [0.05, 0.1) is 18.0 Å². The van der Waals surface area contributed by atoms with Crippen LogP contribution in [0.4, 0.5) is 25.8 Å². The van der Waals surface area contributed by atoms with Crippen LogP contribution in [0.1, 0.15) is 5.56 Å². The summed E-state index contributed by atoms with van der Waals surface area (Å²) in [5.74, 6) is -2.35. The lowest BCUT2D eigenvalue weighted by atomic mass is 9.91. The number of aliphatic imine (C=N–C) groups is 2. The van der Waals surface area contributed by atoms with Gasteiger partial charge in [-0.2, -0.15) is 0 Å². The highest BCUT2D eigenvalue weighted by atomic mass is 19.2. The lowest BCUT2D eigenvalue weighted by Gasteiger charge is -2.36. The molecule has 0 saturated carbocycles. The number of carbonyl (C=O) groups is 3. The number of nitrogens with one attached hydrogen (secondary N) is 1. The van der Waals surface area contributed by atoms with Crippen molar-refractivity contribution >= 4 is 53.5 Å². The summed E-state index contributed by atoms with van der Waals surface area (Å²) in [6.07, 6.45) is 11.4. The molecule has 1 fully saturated rings. The molecule has 1 aliphatic heterocycles. The van der Waals surface area contributed by atoms with Crippen LogP contribution in [0.5, 0.6) is 0 Å². The Bertz CT molecular complexity index is 1540. The number of anilines is 2. The van der Waals surface area contributed by atoms with E-state index in [4.69, 9.17) is 15.3 Å². The number of aldehydes is 2. The van der Waals surface area contributed by atoms with E-state index in [1.807, 2.05) is 12.1 Å². The van der Waals surface area contributed by atoms with Crippen LogP contribution in [0.15, 0.2) is 101 Å². The van der Waals surface area contributed by atoms with Crippen molar-refractivity contribution in [1.82, 2.24) is 4.90 Å². The maximum Gasteiger partial charge on any atom is 0.247 e. The van der Waals surface area contributed by atoms with Crippen LogP contribution in [0.3, 0.4) is 0 Å². The summed E-state index contributed by atoms with van der Waals surface area (Å²) in [7, 11) is 3.50. The molecule has 6 N–H and O–H groups in total. The average Bonchev–Trinajstić information content (AvgIpc) is 3.16. The molecule has 270 valence electrons. The van der Waals surface area contributed by atoms with E-state index in [2.05, 4.69) is 39.2 Å². The zero-order valence-corrected chi connectivity index (χ0v) is 28.5. The van der Waals surface area contributed by atoms with E-state index in [0.29, 0.717) is 73.4 Å². The van der Waals surface area contributed by atoms with Gasteiger partial charge in [-0.25, -0.2) is 13.8 Å². The van der Waals surface area contributed by atoms with E-state index in [-0.39, 0.29) is 23.9 Å². The number of carbonyl (C=O) groups excluding carboxylic acids is 3. The highest BCUT2D eigenvalue weighted by Gasteiger charge is 2.24.